The molecule has 0 aliphatic rings. The molecule has 0 fully saturated rings. The van der Waals surface area contributed by atoms with Crippen molar-refractivity contribution in [2.24, 2.45) is 0 Å². The van der Waals surface area contributed by atoms with Gasteiger partial charge in [0.2, 0.25) is 11.8 Å². The Balaban J connectivity index is 1.67. The summed E-state index contributed by atoms with van der Waals surface area (Å²) in [5, 5.41) is 5.00. The van der Waals surface area contributed by atoms with Gasteiger partial charge < -0.3 is 15.0 Å². The van der Waals surface area contributed by atoms with Crippen LogP contribution < -0.4 is 10.1 Å². The first kappa shape index (κ1) is 24.2. The van der Waals surface area contributed by atoms with Crippen LogP contribution in [0, 0.1) is 0 Å². The standard InChI is InChI=1S/C29H28N2O3S/c1-34-25-15-8-12-23(18-25)21-31(27(32)19-26-16-9-17-35-26)28(24-13-6-3-7-14-24)29(33)30-20-22-10-4-2-5-11-22/h2-18,28H,19-21H2,1H3,(H,30,33)/t28-/m1/s1. The third-order valence-corrected chi connectivity index (χ3v) is 6.57. The molecule has 1 heterocycles. The van der Waals surface area contributed by atoms with E-state index in [1.54, 1.807) is 12.0 Å². The Hall–Kier alpha value is -3.90. The summed E-state index contributed by atoms with van der Waals surface area (Å²) in [6, 6.07) is 29.9. The van der Waals surface area contributed by atoms with Crippen LogP contribution in [-0.2, 0) is 29.1 Å². The van der Waals surface area contributed by atoms with Crippen molar-refractivity contribution >= 4 is 23.2 Å². The van der Waals surface area contributed by atoms with Gasteiger partial charge in [-0.2, -0.15) is 0 Å². The molecule has 1 aromatic heterocycles. The highest BCUT2D eigenvalue weighted by molar-refractivity contribution is 7.10. The number of thiophene rings is 1. The maximum absolute atomic E-state index is 13.7. The first-order valence-electron chi connectivity index (χ1n) is 11.5. The number of nitrogens with one attached hydrogen (secondary N) is 1. The molecule has 4 aromatic rings. The Morgan fingerprint density at radius 1 is 0.886 bits per heavy atom. The summed E-state index contributed by atoms with van der Waals surface area (Å²) in [7, 11) is 1.61. The van der Waals surface area contributed by atoms with Crippen LogP contribution >= 0.6 is 11.3 Å². The number of ether oxygens (including phenoxy) is 1. The molecule has 0 spiro atoms. The normalized spacial score (nSPS) is 11.5. The van der Waals surface area contributed by atoms with Gasteiger partial charge in [0.15, 0.2) is 0 Å². The lowest BCUT2D eigenvalue weighted by atomic mass is 10.0. The predicted octanol–water partition coefficient (Wildman–Crippen LogP) is 5.39. The van der Waals surface area contributed by atoms with E-state index in [0.29, 0.717) is 12.3 Å². The molecule has 3 aromatic carbocycles. The lowest BCUT2D eigenvalue weighted by molar-refractivity contribution is -0.141. The van der Waals surface area contributed by atoms with Gasteiger partial charge >= 0.3 is 0 Å². The molecule has 4 rings (SSSR count). The molecule has 1 N–H and O–H groups in total. The smallest absolute Gasteiger partial charge is 0.247 e. The molecule has 0 aliphatic heterocycles. The molecule has 0 unspecified atom stereocenters. The summed E-state index contributed by atoms with van der Waals surface area (Å²) in [5.41, 5.74) is 2.65. The second-order valence-electron chi connectivity index (χ2n) is 8.15. The third kappa shape index (κ3) is 6.58. The molecule has 0 saturated heterocycles. The Kier molecular flexibility index (Phi) is 8.30. The van der Waals surface area contributed by atoms with E-state index in [1.807, 2.05) is 102 Å². The quantitative estimate of drug-likeness (QED) is 0.329. The topological polar surface area (TPSA) is 58.6 Å². The first-order chi connectivity index (χ1) is 17.1. The van der Waals surface area contributed by atoms with Crippen LogP contribution in [0.5, 0.6) is 5.75 Å². The summed E-state index contributed by atoms with van der Waals surface area (Å²) < 4.78 is 5.38. The van der Waals surface area contributed by atoms with Gasteiger partial charge in [-0.05, 0) is 40.3 Å². The van der Waals surface area contributed by atoms with Gasteiger partial charge in [-0.15, -0.1) is 11.3 Å². The molecule has 0 saturated carbocycles. The van der Waals surface area contributed by atoms with Gasteiger partial charge in [-0.3, -0.25) is 9.59 Å². The number of hydrogen-bond acceptors (Lipinski definition) is 4. The maximum Gasteiger partial charge on any atom is 0.247 e. The van der Waals surface area contributed by atoms with E-state index in [0.717, 1.165) is 21.6 Å². The number of rotatable bonds is 10. The van der Waals surface area contributed by atoms with E-state index in [-0.39, 0.29) is 24.8 Å². The van der Waals surface area contributed by atoms with Crippen molar-refractivity contribution in [1.29, 1.82) is 0 Å². The highest BCUT2D eigenvalue weighted by Crippen LogP contribution is 2.26. The Morgan fingerprint density at radius 3 is 2.29 bits per heavy atom. The zero-order chi connectivity index (χ0) is 24.5. The van der Waals surface area contributed by atoms with Crippen LogP contribution in [0.4, 0.5) is 0 Å². The molecule has 6 heteroatoms. The van der Waals surface area contributed by atoms with Crippen LogP contribution in [0.1, 0.15) is 27.6 Å². The van der Waals surface area contributed by atoms with E-state index < -0.39 is 6.04 Å². The molecule has 5 nitrogen and oxygen atoms in total. The van der Waals surface area contributed by atoms with E-state index in [9.17, 15) is 9.59 Å². The average molecular weight is 485 g/mol. The highest BCUT2D eigenvalue weighted by atomic mass is 32.1. The Labute approximate surface area is 210 Å². The Bertz CT molecular complexity index is 1230. The van der Waals surface area contributed by atoms with Crippen molar-refractivity contribution < 1.29 is 14.3 Å². The number of benzene rings is 3. The fourth-order valence-corrected chi connectivity index (χ4v) is 4.64. The number of nitrogens with zero attached hydrogens (tertiary/aromatic N) is 1. The van der Waals surface area contributed by atoms with E-state index in [2.05, 4.69) is 5.32 Å². The van der Waals surface area contributed by atoms with Gasteiger partial charge in [0, 0.05) is 18.0 Å². The Morgan fingerprint density at radius 2 is 1.60 bits per heavy atom. The fourth-order valence-electron chi connectivity index (χ4n) is 3.94. The van der Waals surface area contributed by atoms with Crippen molar-refractivity contribution in [3.63, 3.8) is 0 Å². The van der Waals surface area contributed by atoms with Crippen molar-refractivity contribution in [2.75, 3.05) is 7.11 Å². The molecule has 35 heavy (non-hydrogen) atoms. The molecule has 0 bridgehead atoms. The number of carbonyl (C=O) groups excluding carboxylic acids is 2. The number of hydrogen-bond donors (Lipinski definition) is 1. The second kappa shape index (κ2) is 12.0. The minimum atomic E-state index is -0.779. The summed E-state index contributed by atoms with van der Waals surface area (Å²) in [4.78, 5) is 30.0. The summed E-state index contributed by atoms with van der Waals surface area (Å²) in [5.74, 6) is 0.374. The molecule has 0 radical (unpaired) electrons. The first-order valence-corrected chi connectivity index (χ1v) is 12.3. The summed E-state index contributed by atoms with van der Waals surface area (Å²) in [6.45, 7) is 0.662. The molecule has 2 amide bonds. The second-order valence-corrected chi connectivity index (χ2v) is 9.18. The van der Waals surface area contributed by atoms with Crippen molar-refractivity contribution in [3.05, 3.63) is 124 Å². The molecular formula is C29H28N2O3S. The average Bonchev–Trinajstić information content (AvgIpc) is 3.41. The molecule has 1 atom stereocenters. The van der Waals surface area contributed by atoms with E-state index in [1.165, 1.54) is 11.3 Å². The highest BCUT2D eigenvalue weighted by Gasteiger charge is 2.31. The van der Waals surface area contributed by atoms with Gasteiger partial charge in [0.25, 0.3) is 0 Å². The van der Waals surface area contributed by atoms with E-state index >= 15 is 0 Å². The van der Waals surface area contributed by atoms with Crippen molar-refractivity contribution in [2.45, 2.75) is 25.6 Å². The van der Waals surface area contributed by atoms with Crippen LogP contribution in [0.3, 0.4) is 0 Å². The SMILES string of the molecule is COc1cccc(CN(C(=O)Cc2cccs2)[C@@H](C(=O)NCc2ccccc2)c2ccccc2)c1. The van der Waals surface area contributed by atoms with Crippen molar-refractivity contribution in [1.82, 2.24) is 10.2 Å². The minimum Gasteiger partial charge on any atom is -0.497 e. The van der Waals surface area contributed by atoms with Crippen LogP contribution in [0.2, 0.25) is 0 Å². The van der Waals surface area contributed by atoms with Crippen molar-refractivity contribution in [3.8, 4) is 5.75 Å². The predicted molar refractivity (Wildman–Crippen MR) is 139 cm³/mol. The summed E-state index contributed by atoms with van der Waals surface area (Å²) >= 11 is 1.54. The van der Waals surface area contributed by atoms with Crippen LogP contribution in [0.25, 0.3) is 0 Å². The fraction of sp³-hybridized carbons (Fsp3) is 0.172. The van der Waals surface area contributed by atoms with Crippen LogP contribution in [0.15, 0.2) is 102 Å². The zero-order valence-electron chi connectivity index (χ0n) is 19.6. The molecule has 0 aliphatic carbocycles. The zero-order valence-corrected chi connectivity index (χ0v) is 20.4. The van der Waals surface area contributed by atoms with Gasteiger partial charge in [0.1, 0.15) is 11.8 Å². The van der Waals surface area contributed by atoms with E-state index in [4.69, 9.17) is 4.74 Å². The minimum absolute atomic E-state index is 0.112. The van der Waals surface area contributed by atoms with Gasteiger partial charge in [-0.1, -0.05) is 78.9 Å². The maximum atomic E-state index is 13.7. The van der Waals surface area contributed by atoms with Crippen LogP contribution in [-0.4, -0.2) is 23.8 Å². The number of amides is 2. The summed E-state index contributed by atoms with van der Waals surface area (Å²) in [6.07, 6.45) is 0.233. The third-order valence-electron chi connectivity index (χ3n) is 5.70. The lowest BCUT2D eigenvalue weighted by Crippen LogP contribution is -2.43. The lowest BCUT2D eigenvalue weighted by Gasteiger charge is -2.32. The number of carbonyl (C=O) groups is 2. The molecule has 178 valence electrons. The largest absolute Gasteiger partial charge is 0.497 e. The monoisotopic (exact) mass is 484 g/mol. The van der Waals surface area contributed by atoms with Gasteiger partial charge in [-0.25, -0.2) is 0 Å². The molecular weight excluding hydrogens is 456 g/mol. The van der Waals surface area contributed by atoms with Gasteiger partial charge in [0.05, 0.1) is 13.5 Å². The number of methoxy groups -OCH3 is 1.